The molecule has 0 aromatic heterocycles. The third-order valence-electron chi connectivity index (χ3n) is 3.58. The number of methoxy groups -OCH3 is 3. The molecule has 1 N–H and O–H groups in total. The van der Waals surface area contributed by atoms with Gasteiger partial charge in [-0.15, -0.1) is 0 Å². The van der Waals surface area contributed by atoms with E-state index in [0.717, 1.165) is 5.75 Å². The fourth-order valence-corrected chi connectivity index (χ4v) is 2.46. The molecule has 2 aromatic carbocycles. The van der Waals surface area contributed by atoms with Crippen molar-refractivity contribution in [3.63, 3.8) is 0 Å². The number of ether oxygens (including phenoxy) is 4. The summed E-state index contributed by atoms with van der Waals surface area (Å²) in [4.78, 5) is 12.1. The molecule has 0 atom stereocenters. The van der Waals surface area contributed by atoms with Crippen molar-refractivity contribution in [3.05, 3.63) is 41.4 Å². The van der Waals surface area contributed by atoms with Gasteiger partial charge in [-0.1, -0.05) is 11.6 Å². The lowest BCUT2D eigenvalue weighted by Crippen LogP contribution is -2.13. The Bertz CT molecular complexity index is 708. The van der Waals surface area contributed by atoms with Gasteiger partial charge in [-0.2, -0.15) is 0 Å². The number of nitrogens with one attached hydrogen (secondary N) is 1. The lowest BCUT2D eigenvalue weighted by atomic mass is 10.2. The third-order valence-corrected chi connectivity index (χ3v) is 3.83. The molecule has 26 heavy (non-hydrogen) atoms. The molecule has 0 aliphatic carbocycles. The Morgan fingerprint density at radius 3 is 2.15 bits per heavy atom. The second-order valence-corrected chi connectivity index (χ2v) is 5.80. The van der Waals surface area contributed by atoms with Crippen LogP contribution in [0.25, 0.3) is 0 Å². The molecule has 0 unspecified atom stereocenters. The van der Waals surface area contributed by atoms with E-state index in [1.807, 2.05) is 0 Å². The van der Waals surface area contributed by atoms with Crippen LogP contribution in [0.1, 0.15) is 12.8 Å². The zero-order chi connectivity index (χ0) is 18.9. The molecule has 0 aliphatic rings. The Balaban J connectivity index is 1.86. The first-order valence-corrected chi connectivity index (χ1v) is 8.43. The molecule has 0 saturated carbocycles. The van der Waals surface area contributed by atoms with Gasteiger partial charge in [0.1, 0.15) is 5.75 Å². The number of hydrogen-bond acceptors (Lipinski definition) is 5. The van der Waals surface area contributed by atoms with Crippen LogP contribution in [0.5, 0.6) is 23.0 Å². The number of carbonyl (C=O) groups excluding carboxylic acids is 1. The number of carbonyl (C=O) groups is 1. The molecule has 140 valence electrons. The fourth-order valence-electron chi connectivity index (χ4n) is 2.33. The minimum Gasteiger partial charge on any atom is -0.494 e. The highest BCUT2D eigenvalue weighted by Gasteiger charge is 2.14. The van der Waals surface area contributed by atoms with Crippen molar-refractivity contribution < 1.29 is 23.7 Å². The molecule has 0 fully saturated rings. The summed E-state index contributed by atoms with van der Waals surface area (Å²) in [7, 11) is 4.58. The van der Waals surface area contributed by atoms with E-state index in [2.05, 4.69) is 5.32 Å². The van der Waals surface area contributed by atoms with Crippen LogP contribution in [-0.2, 0) is 4.79 Å². The second kappa shape index (κ2) is 9.77. The van der Waals surface area contributed by atoms with E-state index in [0.29, 0.717) is 47.4 Å². The summed E-state index contributed by atoms with van der Waals surface area (Å²) >= 11 is 5.82. The lowest BCUT2D eigenvalue weighted by Gasteiger charge is -2.14. The summed E-state index contributed by atoms with van der Waals surface area (Å²) in [5.41, 5.74) is 0.572. The average molecular weight is 380 g/mol. The van der Waals surface area contributed by atoms with E-state index in [1.165, 1.54) is 21.3 Å². The molecular weight excluding hydrogens is 358 g/mol. The SMILES string of the molecule is COc1cc(NC(=O)CCCOc2ccc(Cl)cc2)cc(OC)c1OC. The molecule has 7 heteroatoms. The van der Waals surface area contributed by atoms with Crippen LogP contribution >= 0.6 is 11.6 Å². The summed E-state index contributed by atoms with van der Waals surface area (Å²) in [5.74, 6) is 2.03. The highest BCUT2D eigenvalue weighted by molar-refractivity contribution is 6.30. The number of benzene rings is 2. The van der Waals surface area contributed by atoms with Crippen LogP contribution < -0.4 is 24.3 Å². The number of rotatable bonds is 9. The monoisotopic (exact) mass is 379 g/mol. The van der Waals surface area contributed by atoms with Crippen molar-refractivity contribution in [2.24, 2.45) is 0 Å². The number of hydrogen-bond donors (Lipinski definition) is 1. The topological polar surface area (TPSA) is 66.0 Å². The minimum atomic E-state index is -0.126. The molecule has 2 rings (SSSR count). The molecule has 2 aromatic rings. The van der Waals surface area contributed by atoms with Gasteiger partial charge in [0.25, 0.3) is 0 Å². The highest BCUT2D eigenvalue weighted by atomic mass is 35.5. The quantitative estimate of drug-likeness (QED) is 0.662. The highest BCUT2D eigenvalue weighted by Crippen LogP contribution is 2.39. The Morgan fingerprint density at radius 1 is 1.00 bits per heavy atom. The van der Waals surface area contributed by atoms with E-state index < -0.39 is 0 Å². The summed E-state index contributed by atoms with van der Waals surface area (Å²) in [6.45, 7) is 0.435. The zero-order valence-corrected chi connectivity index (χ0v) is 15.8. The van der Waals surface area contributed by atoms with Crippen molar-refractivity contribution in [2.45, 2.75) is 12.8 Å². The molecule has 0 spiro atoms. The van der Waals surface area contributed by atoms with Crippen LogP contribution in [0.4, 0.5) is 5.69 Å². The van der Waals surface area contributed by atoms with Gasteiger partial charge in [-0.3, -0.25) is 4.79 Å². The number of amides is 1. The number of anilines is 1. The van der Waals surface area contributed by atoms with Crippen LogP contribution in [0.15, 0.2) is 36.4 Å². The normalized spacial score (nSPS) is 10.2. The summed E-state index contributed by atoms with van der Waals surface area (Å²) in [6.07, 6.45) is 0.906. The molecule has 6 nitrogen and oxygen atoms in total. The van der Waals surface area contributed by atoms with Crippen molar-refractivity contribution in [1.82, 2.24) is 0 Å². The van der Waals surface area contributed by atoms with E-state index >= 15 is 0 Å². The largest absolute Gasteiger partial charge is 0.494 e. The first kappa shape index (κ1) is 19.7. The Hall–Kier alpha value is -2.60. The molecule has 0 saturated heterocycles. The molecule has 1 amide bonds. The molecule has 0 aliphatic heterocycles. The third kappa shape index (κ3) is 5.46. The second-order valence-electron chi connectivity index (χ2n) is 5.37. The van der Waals surface area contributed by atoms with Gasteiger partial charge in [-0.05, 0) is 30.7 Å². The fraction of sp³-hybridized carbons (Fsp3) is 0.316. The van der Waals surface area contributed by atoms with Crippen molar-refractivity contribution in [2.75, 3.05) is 33.3 Å². The van der Waals surface area contributed by atoms with E-state index in [9.17, 15) is 4.79 Å². The smallest absolute Gasteiger partial charge is 0.224 e. The minimum absolute atomic E-state index is 0.126. The first-order valence-electron chi connectivity index (χ1n) is 8.05. The standard InChI is InChI=1S/C19H22ClNO5/c1-23-16-11-14(12-17(24-2)19(16)25-3)21-18(22)5-4-10-26-15-8-6-13(20)7-9-15/h6-9,11-12H,4-5,10H2,1-3H3,(H,21,22). The molecule has 0 heterocycles. The van der Waals surface area contributed by atoms with Gasteiger partial charge < -0.3 is 24.3 Å². The van der Waals surface area contributed by atoms with E-state index in [4.69, 9.17) is 30.5 Å². The van der Waals surface area contributed by atoms with Crippen LogP contribution in [0, 0.1) is 0 Å². The van der Waals surface area contributed by atoms with Gasteiger partial charge in [0, 0.05) is 29.3 Å². The lowest BCUT2D eigenvalue weighted by molar-refractivity contribution is -0.116. The summed E-state index contributed by atoms with van der Waals surface area (Å²) in [5, 5.41) is 3.48. The number of halogens is 1. The summed E-state index contributed by atoms with van der Waals surface area (Å²) in [6, 6.07) is 10.5. The van der Waals surface area contributed by atoms with Crippen molar-refractivity contribution >= 4 is 23.2 Å². The predicted molar refractivity (Wildman–Crippen MR) is 101 cm³/mol. The van der Waals surface area contributed by atoms with Crippen LogP contribution in [0.2, 0.25) is 5.02 Å². The maximum absolute atomic E-state index is 12.1. The van der Waals surface area contributed by atoms with Gasteiger partial charge >= 0.3 is 0 Å². The Kier molecular flexibility index (Phi) is 7.41. The van der Waals surface area contributed by atoms with Crippen molar-refractivity contribution in [3.8, 4) is 23.0 Å². The molecular formula is C19H22ClNO5. The Labute approximate surface area is 158 Å². The maximum Gasteiger partial charge on any atom is 0.224 e. The van der Waals surface area contributed by atoms with Crippen LogP contribution in [-0.4, -0.2) is 33.8 Å². The maximum atomic E-state index is 12.1. The van der Waals surface area contributed by atoms with Crippen molar-refractivity contribution in [1.29, 1.82) is 0 Å². The average Bonchev–Trinajstić information content (AvgIpc) is 2.65. The van der Waals surface area contributed by atoms with Gasteiger partial charge in [0.05, 0.1) is 27.9 Å². The Morgan fingerprint density at radius 2 is 1.62 bits per heavy atom. The van der Waals surface area contributed by atoms with Crippen LogP contribution in [0.3, 0.4) is 0 Å². The van der Waals surface area contributed by atoms with Gasteiger partial charge in [0.2, 0.25) is 11.7 Å². The summed E-state index contributed by atoms with van der Waals surface area (Å²) < 4.78 is 21.4. The predicted octanol–water partition coefficient (Wildman–Crippen LogP) is 4.16. The van der Waals surface area contributed by atoms with E-state index in [-0.39, 0.29) is 5.91 Å². The van der Waals surface area contributed by atoms with E-state index in [1.54, 1.807) is 36.4 Å². The first-order chi connectivity index (χ1) is 12.6. The molecule has 0 radical (unpaired) electrons. The van der Waals surface area contributed by atoms with Gasteiger partial charge in [-0.25, -0.2) is 0 Å². The van der Waals surface area contributed by atoms with Gasteiger partial charge in [0.15, 0.2) is 11.5 Å². The zero-order valence-electron chi connectivity index (χ0n) is 15.0. The molecule has 0 bridgehead atoms.